The number of nitrogens with zero attached hydrogens (tertiary/aromatic N) is 2. The molecule has 0 unspecified atom stereocenters. The van der Waals surface area contributed by atoms with Gasteiger partial charge in [-0.1, -0.05) is 76.2 Å². The van der Waals surface area contributed by atoms with E-state index in [1.54, 1.807) is 12.4 Å². The van der Waals surface area contributed by atoms with Crippen LogP contribution in [0.15, 0.2) is 41.3 Å². The molecule has 0 saturated heterocycles. The lowest BCUT2D eigenvalue weighted by atomic mass is 9.72. The average Bonchev–Trinajstić information content (AvgIpc) is 2.72. The van der Waals surface area contributed by atoms with Crippen LogP contribution in [-0.4, -0.2) is 22.5 Å². The van der Waals surface area contributed by atoms with Crippen molar-refractivity contribution in [2.45, 2.75) is 92.4 Å². The van der Waals surface area contributed by atoms with E-state index >= 15 is 0 Å². The Balaban J connectivity index is 1.86. The third-order valence-electron chi connectivity index (χ3n) is 6.04. The molecule has 0 bridgehead atoms. The van der Waals surface area contributed by atoms with Crippen LogP contribution in [0.3, 0.4) is 0 Å². The van der Waals surface area contributed by atoms with Gasteiger partial charge in [0.15, 0.2) is 0 Å². The number of rotatable bonds is 11. The second kappa shape index (κ2) is 12.6. The molecule has 2 rings (SSSR count). The second-order valence-electron chi connectivity index (χ2n) is 9.40. The van der Waals surface area contributed by atoms with Crippen molar-refractivity contribution in [2.75, 3.05) is 6.61 Å². The zero-order chi connectivity index (χ0) is 22.7. The molecular weight excluding hydrogens is 384 g/mol. The Morgan fingerprint density at radius 3 is 2.48 bits per heavy atom. The molecule has 4 heteroatoms. The minimum Gasteiger partial charge on any atom is -0.460 e. The molecule has 1 heterocycles. The smallest absolute Gasteiger partial charge is 0.376 e. The molecule has 0 saturated carbocycles. The van der Waals surface area contributed by atoms with Crippen molar-refractivity contribution in [3.05, 3.63) is 52.7 Å². The molecule has 0 N–H and O–H groups in total. The molecule has 1 aromatic heterocycles. The molecule has 170 valence electrons. The maximum absolute atomic E-state index is 12.1. The number of esters is 1. The Kier molecular flexibility index (Phi) is 10.2. The zero-order valence-electron chi connectivity index (χ0n) is 20.2. The number of carbonyl (C=O) groups excluding carboxylic acids is 1. The standard InChI is InChI=1S/C27H40N2O2/c1-6-7-8-9-10-11-17-31-26(30)25-28-19-23(20-29-25)18-21(2)14-15-24-22(3)13-12-16-27(24,4)5/h14-15,18-20H,6-13,16-17H2,1-5H3/b15-14+,21-18+. The Labute approximate surface area is 188 Å². The van der Waals surface area contributed by atoms with Gasteiger partial charge in [0.05, 0.1) is 6.61 Å². The van der Waals surface area contributed by atoms with Crippen molar-refractivity contribution < 1.29 is 9.53 Å². The topological polar surface area (TPSA) is 52.1 Å². The van der Waals surface area contributed by atoms with Crippen LogP contribution in [0.1, 0.15) is 109 Å². The summed E-state index contributed by atoms with van der Waals surface area (Å²) in [5, 5.41) is 0. The molecule has 0 atom stereocenters. The first-order chi connectivity index (χ1) is 14.8. The first-order valence-electron chi connectivity index (χ1n) is 11.9. The largest absolute Gasteiger partial charge is 0.460 e. The normalized spacial score (nSPS) is 16.7. The number of ether oxygens (including phenoxy) is 1. The molecule has 0 aromatic carbocycles. The second-order valence-corrected chi connectivity index (χ2v) is 9.40. The van der Waals surface area contributed by atoms with E-state index in [1.807, 2.05) is 6.08 Å². The van der Waals surface area contributed by atoms with E-state index in [2.05, 4.69) is 56.7 Å². The first kappa shape index (κ1) is 25.0. The maximum Gasteiger partial charge on any atom is 0.376 e. The van der Waals surface area contributed by atoms with Gasteiger partial charge in [-0.15, -0.1) is 0 Å². The van der Waals surface area contributed by atoms with Crippen LogP contribution in [0.4, 0.5) is 0 Å². The number of hydrogen-bond donors (Lipinski definition) is 0. The number of allylic oxidation sites excluding steroid dienone is 5. The summed E-state index contributed by atoms with van der Waals surface area (Å²) in [5.74, 6) is -0.316. The summed E-state index contributed by atoms with van der Waals surface area (Å²) >= 11 is 0. The minimum atomic E-state index is -0.442. The molecule has 31 heavy (non-hydrogen) atoms. The van der Waals surface area contributed by atoms with Gasteiger partial charge in [-0.25, -0.2) is 14.8 Å². The molecule has 1 aliphatic rings. The summed E-state index contributed by atoms with van der Waals surface area (Å²) < 4.78 is 5.30. The van der Waals surface area contributed by atoms with E-state index in [-0.39, 0.29) is 11.2 Å². The van der Waals surface area contributed by atoms with Crippen LogP contribution in [0.5, 0.6) is 0 Å². The van der Waals surface area contributed by atoms with E-state index in [9.17, 15) is 4.79 Å². The van der Waals surface area contributed by atoms with E-state index in [1.165, 1.54) is 56.1 Å². The third-order valence-corrected chi connectivity index (χ3v) is 6.04. The van der Waals surface area contributed by atoms with Crippen molar-refractivity contribution in [3.63, 3.8) is 0 Å². The maximum atomic E-state index is 12.1. The average molecular weight is 425 g/mol. The zero-order valence-corrected chi connectivity index (χ0v) is 20.2. The predicted octanol–water partition coefficient (Wildman–Crippen LogP) is 7.48. The Bertz CT molecular complexity index is 801. The van der Waals surface area contributed by atoms with Gasteiger partial charge in [0, 0.05) is 18.0 Å². The molecule has 4 nitrogen and oxygen atoms in total. The van der Waals surface area contributed by atoms with E-state index in [4.69, 9.17) is 4.74 Å². The Hall–Kier alpha value is -2.23. The lowest BCUT2D eigenvalue weighted by Crippen LogP contribution is -2.19. The van der Waals surface area contributed by atoms with Gasteiger partial charge in [-0.2, -0.15) is 0 Å². The Morgan fingerprint density at radius 2 is 1.81 bits per heavy atom. The molecule has 0 spiro atoms. The van der Waals surface area contributed by atoms with E-state index < -0.39 is 5.97 Å². The highest BCUT2D eigenvalue weighted by Crippen LogP contribution is 2.40. The molecule has 0 amide bonds. The highest BCUT2D eigenvalue weighted by molar-refractivity contribution is 5.85. The van der Waals surface area contributed by atoms with Crippen LogP contribution in [0, 0.1) is 5.41 Å². The predicted molar refractivity (Wildman–Crippen MR) is 129 cm³/mol. The van der Waals surface area contributed by atoms with Crippen molar-refractivity contribution in [1.82, 2.24) is 9.97 Å². The van der Waals surface area contributed by atoms with Gasteiger partial charge >= 0.3 is 5.97 Å². The van der Waals surface area contributed by atoms with Crippen LogP contribution in [0.2, 0.25) is 0 Å². The fraction of sp³-hybridized carbons (Fsp3) is 0.593. The summed E-state index contributed by atoms with van der Waals surface area (Å²) in [5.41, 5.74) is 5.19. The lowest BCUT2D eigenvalue weighted by molar-refractivity contribution is 0.0483. The number of hydrogen-bond acceptors (Lipinski definition) is 4. The quantitative estimate of drug-likeness (QED) is 0.210. The van der Waals surface area contributed by atoms with Crippen LogP contribution in [0.25, 0.3) is 6.08 Å². The number of aromatic nitrogens is 2. The monoisotopic (exact) mass is 424 g/mol. The van der Waals surface area contributed by atoms with Crippen molar-refractivity contribution >= 4 is 12.0 Å². The lowest BCUT2D eigenvalue weighted by Gasteiger charge is -2.32. The number of unbranched alkanes of at least 4 members (excludes halogenated alkanes) is 5. The first-order valence-corrected chi connectivity index (χ1v) is 11.9. The van der Waals surface area contributed by atoms with Crippen LogP contribution < -0.4 is 0 Å². The van der Waals surface area contributed by atoms with Crippen LogP contribution >= 0.6 is 0 Å². The van der Waals surface area contributed by atoms with E-state index in [0.29, 0.717) is 6.61 Å². The number of carbonyl (C=O) groups is 1. The molecule has 0 fully saturated rings. The molecule has 1 aromatic rings. The molecule has 0 aliphatic heterocycles. The van der Waals surface area contributed by atoms with Crippen LogP contribution in [-0.2, 0) is 4.74 Å². The van der Waals surface area contributed by atoms with Gasteiger partial charge < -0.3 is 4.74 Å². The van der Waals surface area contributed by atoms with E-state index in [0.717, 1.165) is 24.0 Å². The van der Waals surface area contributed by atoms with Gasteiger partial charge in [-0.05, 0) is 56.6 Å². The Morgan fingerprint density at radius 1 is 1.13 bits per heavy atom. The summed E-state index contributed by atoms with van der Waals surface area (Å²) in [6.07, 6.45) is 20.5. The summed E-state index contributed by atoms with van der Waals surface area (Å²) in [7, 11) is 0. The fourth-order valence-corrected chi connectivity index (χ4v) is 4.17. The summed E-state index contributed by atoms with van der Waals surface area (Å²) in [4.78, 5) is 20.5. The molecule has 0 radical (unpaired) electrons. The summed E-state index contributed by atoms with van der Waals surface area (Å²) in [6.45, 7) is 11.6. The minimum absolute atomic E-state index is 0.126. The SMILES string of the molecule is CCCCCCCCOC(=O)c1ncc(/C=C(C)/C=C/C2=C(C)CCCC2(C)C)cn1. The van der Waals surface area contributed by atoms with Gasteiger partial charge in [0.25, 0.3) is 0 Å². The van der Waals surface area contributed by atoms with Gasteiger partial charge in [0.1, 0.15) is 0 Å². The van der Waals surface area contributed by atoms with Crippen molar-refractivity contribution in [3.8, 4) is 0 Å². The third kappa shape index (κ3) is 8.43. The van der Waals surface area contributed by atoms with Crippen molar-refractivity contribution in [1.29, 1.82) is 0 Å². The highest BCUT2D eigenvalue weighted by atomic mass is 16.5. The van der Waals surface area contributed by atoms with Gasteiger partial charge in [0.2, 0.25) is 5.82 Å². The van der Waals surface area contributed by atoms with Crippen molar-refractivity contribution in [2.24, 2.45) is 5.41 Å². The molecular formula is C27H40N2O2. The van der Waals surface area contributed by atoms with Gasteiger partial charge in [-0.3, -0.25) is 0 Å². The fourth-order valence-electron chi connectivity index (χ4n) is 4.17. The molecule has 1 aliphatic carbocycles. The summed E-state index contributed by atoms with van der Waals surface area (Å²) in [6, 6.07) is 0. The highest BCUT2D eigenvalue weighted by Gasteiger charge is 2.26.